The number of carbonyl (C=O) groups is 2. The number of halogens is 1. The van der Waals surface area contributed by atoms with Gasteiger partial charge in [-0.05, 0) is 38.8 Å². The van der Waals surface area contributed by atoms with Crippen LogP contribution in [0.15, 0.2) is 28.8 Å². The molecule has 5 rings (SSSR count). The summed E-state index contributed by atoms with van der Waals surface area (Å²) in [6.07, 6.45) is 1.77. The van der Waals surface area contributed by atoms with Crippen molar-refractivity contribution in [3.63, 3.8) is 0 Å². The van der Waals surface area contributed by atoms with E-state index >= 15 is 0 Å². The fraction of sp³-hybridized carbons (Fsp3) is 0.556. The molecule has 0 spiro atoms. The molecule has 2 saturated heterocycles. The van der Waals surface area contributed by atoms with Crippen molar-refractivity contribution >= 4 is 34.8 Å². The van der Waals surface area contributed by atoms with E-state index in [-0.39, 0.29) is 30.1 Å². The number of nitrogens with one attached hydrogen (secondary N) is 2. The summed E-state index contributed by atoms with van der Waals surface area (Å²) in [6, 6.07) is 7.59. The summed E-state index contributed by atoms with van der Waals surface area (Å²) in [5.74, 6) is 0.0123. The van der Waals surface area contributed by atoms with Gasteiger partial charge in [0, 0.05) is 63.5 Å². The molecule has 2 amide bonds. The summed E-state index contributed by atoms with van der Waals surface area (Å²) in [4.78, 5) is 31.9. The molecule has 216 valence electrons. The summed E-state index contributed by atoms with van der Waals surface area (Å²) in [5.41, 5.74) is 1.09. The molecule has 2 fully saturated rings. The molecule has 3 aromatic heterocycles. The quantitative estimate of drug-likeness (QED) is 0.371. The normalized spacial score (nSPS) is 17.4. The summed E-state index contributed by atoms with van der Waals surface area (Å²) in [5, 5.41) is 14.8. The highest BCUT2D eigenvalue weighted by Crippen LogP contribution is 2.31. The number of piperidine rings is 1. The predicted molar refractivity (Wildman–Crippen MR) is 153 cm³/mol. The minimum atomic E-state index is -0.293. The van der Waals surface area contributed by atoms with Crippen molar-refractivity contribution in [1.82, 2.24) is 35.4 Å². The van der Waals surface area contributed by atoms with Crippen LogP contribution in [-0.4, -0.2) is 101 Å². The molecular formula is C27H36ClN7O4S. The van der Waals surface area contributed by atoms with Gasteiger partial charge in [-0.2, -0.15) is 5.10 Å². The molecule has 40 heavy (non-hydrogen) atoms. The van der Waals surface area contributed by atoms with Crippen LogP contribution in [-0.2, 0) is 11.3 Å². The molecule has 0 aliphatic carbocycles. The Morgan fingerprint density at radius 2 is 1.90 bits per heavy atom. The molecule has 0 bridgehead atoms. The first-order chi connectivity index (χ1) is 19.4. The summed E-state index contributed by atoms with van der Waals surface area (Å²) in [7, 11) is 0. The lowest BCUT2D eigenvalue weighted by atomic mass is 10.0. The highest BCUT2D eigenvalue weighted by molar-refractivity contribution is 7.19. The fourth-order valence-corrected chi connectivity index (χ4v) is 5.99. The van der Waals surface area contributed by atoms with Crippen LogP contribution in [0.2, 0.25) is 4.34 Å². The fourth-order valence-electron chi connectivity index (χ4n) is 5.00. The number of nitrogens with zero attached hydrogens (tertiary/aromatic N) is 5. The zero-order valence-corrected chi connectivity index (χ0v) is 24.5. The van der Waals surface area contributed by atoms with Crippen molar-refractivity contribution in [2.24, 2.45) is 0 Å². The van der Waals surface area contributed by atoms with Gasteiger partial charge in [-0.1, -0.05) is 16.8 Å². The van der Waals surface area contributed by atoms with E-state index in [1.165, 1.54) is 16.0 Å². The Hall–Kier alpha value is -2.77. The summed E-state index contributed by atoms with van der Waals surface area (Å²) < 4.78 is 13.1. The maximum atomic E-state index is 13.2. The van der Waals surface area contributed by atoms with Gasteiger partial charge in [0.1, 0.15) is 11.4 Å². The molecule has 2 N–H and O–H groups in total. The average molecular weight is 590 g/mol. The van der Waals surface area contributed by atoms with Gasteiger partial charge in [0.05, 0.1) is 29.0 Å². The molecule has 5 heterocycles. The van der Waals surface area contributed by atoms with Crippen LogP contribution < -0.4 is 10.6 Å². The summed E-state index contributed by atoms with van der Waals surface area (Å²) in [6.45, 7) is 10.7. The summed E-state index contributed by atoms with van der Waals surface area (Å²) >= 11 is 7.46. The smallest absolute Gasteiger partial charge is 0.272 e. The number of hydrogen-bond acceptors (Lipinski definition) is 9. The molecule has 13 heteroatoms. The second-order valence-electron chi connectivity index (χ2n) is 10.4. The van der Waals surface area contributed by atoms with Crippen molar-refractivity contribution in [1.29, 1.82) is 0 Å². The molecule has 2 aliphatic rings. The van der Waals surface area contributed by atoms with Crippen molar-refractivity contribution in [2.75, 3.05) is 52.5 Å². The van der Waals surface area contributed by atoms with Gasteiger partial charge in [-0.25, -0.2) is 0 Å². The number of thiophene rings is 1. The SMILES string of the molecule is CC(C)N1CCC(NC(=O)c2cc(C(=O)NCCN3CCOCC3)n(Cc3cc(-c4ccc(Cl)s4)on3)n2)CC1. The highest BCUT2D eigenvalue weighted by atomic mass is 35.5. The Balaban J connectivity index is 1.28. The molecule has 0 atom stereocenters. The first kappa shape index (κ1) is 28.7. The van der Waals surface area contributed by atoms with E-state index < -0.39 is 0 Å². The number of hydrogen-bond donors (Lipinski definition) is 2. The number of amides is 2. The molecule has 0 radical (unpaired) electrons. The van der Waals surface area contributed by atoms with Crippen molar-refractivity contribution < 1.29 is 18.8 Å². The van der Waals surface area contributed by atoms with Crippen molar-refractivity contribution in [3.05, 3.63) is 45.7 Å². The van der Waals surface area contributed by atoms with E-state index in [0.717, 1.165) is 50.4 Å². The zero-order valence-electron chi connectivity index (χ0n) is 22.9. The Bertz CT molecular complexity index is 1290. The first-order valence-electron chi connectivity index (χ1n) is 13.8. The van der Waals surface area contributed by atoms with Crippen LogP contribution >= 0.6 is 22.9 Å². The van der Waals surface area contributed by atoms with Crippen LogP contribution in [0.3, 0.4) is 0 Å². The molecular weight excluding hydrogens is 554 g/mol. The molecule has 11 nitrogen and oxygen atoms in total. The number of rotatable bonds is 10. The van der Waals surface area contributed by atoms with Crippen molar-refractivity contribution in [2.45, 2.75) is 45.3 Å². The molecule has 3 aromatic rings. The van der Waals surface area contributed by atoms with Gasteiger partial charge in [0.15, 0.2) is 11.5 Å². The lowest BCUT2D eigenvalue weighted by Crippen LogP contribution is -2.46. The minimum absolute atomic E-state index is 0.0779. The lowest BCUT2D eigenvalue weighted by Gasteiger charge is -2.34. The second-order valence-corrected chi connectivity index (χ2v) is 12.2. The van der Waals surface area contributed by atoms with Crippen LogP contribution in [0, 0.1) is 0 Å². The molecule has 0 saturated carbocycles. The Kier molecular flexibility index (Phi) is 9.53. The largest absolute Gasteiger partial charge is 0.379 e. The third kappa shape index (κ3) is 7.29. The van der Waals surface area contributed by atoms with Gasteiger partial charge in [-0.15, -0.1) is 11.3 Å². The van der Waals surface area contributed by atoms with E-state index in [9.17, 15) is 9.59 Å². The van der Waals surface area contributed by atoms with E-state index in [4.69, 9.17) is 20.9 Å². The Morgan fingerprint density at radius 1 is 1.12 bits per heavy atom. The second kappa shape index (κ2) is 13.3. The van der Waals surface area contributed by atoms with Crippen LogP contribution in [0.5, 0.6) is 0 Å². The number of ether oxygens (including phenoxy) is 1. The van der Waals surface area contributed by atoms with E-state index in [1.807, 2.05) is 6.07 Å². The van der Waals surface area contributed by atoms with Crippen LogP contribution in [0.4, 0.5) is 0 Å². The third-order valence-corrected chi connectivity index (χ3v) is 8.59. The standard InChI is InChI=1S/C27H36ClN7O4S/c1-18(2)34-8-5-19(6-9-34)30-26(36)21-16-22(27(37)29-7-10-33-11-13-38-14-12-33)35(31-21)17-20-15-23(39-32-20)24-3-4-25(28)40-24/h3-4,15-16,18-19H,5-14,17H2,1-2H3,(H,29,37)(H,30,36). The molecule has 0 unspecified atom stereocenters. The first-order valence-corrected chi connectivity index (χ1v) is 15.0. The highest BCUT2D eigenvalue weighted by Gasteiger charge is 2.25. The minimum Gasteiger partial charge on any atom is -0.379 e. The predicted octanol–water partition coefficient (Wildman–Crippen LogP) is 2.97. The lowest BCUT2D eigenvalue weighted by molar-refractivity contribution is 0.0383. The Morgan fingerprint density at radius 3 is 2.60 bits per heavy atom. The maximum Gasteiger partial charge on any atom is 0.272 e. The average Bonchev–Trinajstić information content (AvgIpc) is 3.70. The van der Waals surface area contributed by atoms with Gasteiger partial charge < -0.3 is 24.8 Å². The van der Waals surface area contributed by atoms with E-state index in [1.54, 1.807) is 18.2 Å². The number of aromatic nitrogens is 3. The topological polar surface area (TPSA) is 118 Å². The molecule has 2 aliphatic heterocycles. The van der Waals surface area contributed by atoms with Crippen LogP contribution in [0.1, 0.15) is 53.4 Å². The Labute approximate surface area is 242 Å². The monoisotopic (exact) mass is 589 g/mol. The molecule has 0 aromatic carbocycles. The van der Waals surface area contributed by atoms with Gasteiger partial charge in [0.25, 0.3) is 11.8 Å². The van der Waals surface area contributed by atoms with E-state index in [0.29, 0.717) is 47.3 Å². The number of morpholine rings is 1. The number of likely N-dealkylation sites (tertiary alicyclic amines) is 1. The van der Waals surface area contributed by atoms with Crippen molar-refractivity contribution in [3.8, 4) is 10.6 Å². The van der Waals surface area contributed by atoms with E-state index in [2.05, 4.69) is 44.5 Å². The third-order valence-electron chi connectivity index (χ3n) is 7.34. The van der Waals surface area contributed by atoms with Gasteiger partial charge in [-0.3, -0.25) is 19.2 Å². The maximum absolute atomic E-state index is 13.2. The number of carbonyl (C=O) groups excluding carboxylic acids is 2. The van der Waals surface area contributed by atoms with Gasteiger partial charge >= 0.3 is 0 Å². The van der Waals surface area contributed by atoms with Crippen LogP contribution in [0.25, 0.3) is 10.6 Å². The zero-order chi connectivity index (χ0) is 28.1. The van der Waals surface area contributed by atoms with Gasteiger partial charge in [0.2, 0.25) is 0 Å².